The summed E-state index contributed by atoms with van der Waals surface area (Å²) < 4.78 is 11.3. The summed E-state index contributed by atoms with van der Waals surface area (Å²) in [6.07, 6.45) is 5.86. The van der Waals surface area contributed by atoms with Gasteiger partial charge in [-0.3, -0.25) is 4.98 Å². The van der Waals surface area contributed by atoms with E-state index in [9.17, 15) is 5.26 Å². The molecule has 0 radical (unpaired) electrons. The van der Waals surface area contributed by atoms with Crippen molar-refractivity contribution in [3.63, 3.8) is 0 Å². The van der Waals surface area contributed by atoms with Crippen molar-refractivity contribution < 1.29 is 9.47 Å². The Bertz CT molecular complexity index is 1310. The predicted octanol–water partition coefficient (Wildman–Crippen LogP) is 4.42. The van der Waals surface area contributed by atoms with E-state index in [2.05, 4.69) is 45.2 Å². The molecule has 1 aliphatic rings. The van der Waals surface area contributed by atoms with Gasteiger partial charge in [-0.25, -0.2) is 9.97 Å². The Hall–Kier alpha value is -4.28. The quantitative estimate of drug-likeness (QED) is 0.401. The maximum Gasteiger partial charge on any atom is 0.137 e. The summed E-state index contributed by atoms with van der Waals surface area (Å²) >= 11 is 0. The molecule has 0 N–H and O–H groups in total. The second-order valence-corrected chi connectivity index (χ2v) is 8.27. The van der Waals surface area contributed by atoms with Crippen LogP contribution in [0.3, 0.4) is 0 Å². The standard InChI is InChI=1S/C28H25N5O2/c29-18-24-17-23(5-8-27(24)35-20-22-2-1-10-30-19-22)26-9-11-31-28(32-26)16-21-3-6-25(7-4-21)33-12-14-34-15-13-33/h1-11,17,19H,12-16,20H2. The van der Waals surface area contributed by atoms with Crippen LogP contribution >= 0.6 is 0 Å². The van der Waals surface area contributed by atoms with Crippen LogP contribution in [0.5, 0.6) is 5.75 Å². The number of rotatable bonds is 7. The van der Waals surface area contributed by atoms with Crippen molar-refractivity contribution in [1.29, 1.82) is 5.26 Å². The number of hydrogen-bond donors (Lipinski definition) is 0. The molecule has 1 aliphatic heterocycles. The Balaban J connectivity index is 1.28. The zero-order chi connectivity index (χ0) is 23.9. The number of benzene rings is 2. The van der Waals surface area contributed by atoms with Crippen LogP contribution in [-0.2, 0) is 17.8 Å². The van der Waals surface area contributed by atoms with Gasteiger partial charge in [0, 0.05) is 54.9 Å². The van der Waals surface area contributed by atoms with Crippen LogP contribution in [0, 0.1) is 11.3 Å². The molecule has 4 aromatic rings. The van der Waals surface area contributed by atoms with Gasteiger partial charge in [-0.2, -0.15) is 5.26 Å². The average molecular weight is 464 g/mol. The molecule has 0 amide bonds. The van der Waals surface area contributed by atoms with Gasteiger partial charge in [-0.05, 0) is 48.0 Å². The first kappa shape index (κ1) is 22.5. The number of anilines is 1. The molecule has 7 nitrogen and oxygen atoms in total. The lowest BCUT2D eigenvalue weighted by molar-refractivity contribution is 0.122. The van der Waals surface area contributed by atoms with Crippen LogP contribution < -0.4 is 9.64 Å². The molecule has 5 rings (SSSR count). The zero-order valence-electron chi connectivity index (χ0n) is 19.3. The highest BCUT2D eigenvalue weighted by Crippen LogP contribution is 2.26. The highest BCUT2D eigenvalue weighted by molar-refractivity contribution is 5.64. The summed E-state index contributed by atoms with van der Waals surface area (Å²) in [5, 5.41) is 9.67. The van der Waals surface area contributed by atoms with Crippen molar-refractivity contribution in [3.05, 3.63) is 102 Å². The van der Waals surface area contributed by atoms with Crippen molar-refractivity contribution in [2.45, 2.75) is 13.0 Å². The molecule has 3 heterocycles. The number of morpholine rings is 1. The monoisotopic (exact) mass is 463 g/mol. The normalized spacial score (nSPS) is 13.3. The number of nitriles is 1. The van der Waals surface area contributed by atoms with Gasteiger partial charge in [0.1, 0.15) is 24.3 Å². The number of hydrogen-bond acceptors (Lipinski definition) is 7. The molecule has 1 saturated heterocycles. The van der Waals surface area contributed by atoms with Crippen LogP contribution in [0.4, 0.5) is 5.69 Å². The fourth-order valence-corrected chi connectivity index (χ4v) is 4.02. The Kier molecular flexibility index (Phi) is 6.92. The molecule has 0 atom stereocenters. The first-order chi connectivity index (χ1) is 17.3. The first-order valence-corrected chi connectivity index (χ1v) is 11.6. The van der Waals surface area contributed by atoms with E-state index in [0.717, 1.165) is 54.5 Å². The largest absolute Gasteiger partial charge is 0.487 e. The Labute approximate surface area is 204 Å². The summed E-state index contributed by atoms with van der Waals surface area (Å²) in [5.74, 6) is 1.27. The average Bonchev–Trinajstić information content (AvgIpc) is 2.93. The summed E-state index contributed by atoms with van der Waals surface area (Å²) in [6, 6.07) is 22.0. The smallest absolute Gasteiger partial charge is 0.137 e. The third-order valence-electron chi connectivity index (χ3n) is 5.89. The second-order valence-electron chi connectivity index (χ2n) is 8.27. The molecule has 0 spiro atoms. The van der Waals surface area contributed by atoms with E-state index >= 15 is 0 Å². The van der Waals surface area contributed by atoms with Crippen LogP contribution in [-0.4, -0.2) is 41.3 Å². The van der Waals surface area contributed by atoms with Crippen LogP contribution in [0.25, 0.3) is 11.3 Å². The Morgan fingerprint density at radius 3 is 2.60 bits per heavy atom. The topological polar surface area (TPSA) is 84.2 Å². The highest BCUT2D eigenvalue weighted by atomic mass is 16.5. The first-order valence-electron chi connectivity index (χ1n) is 11.6. The van der Waals surface area contributed by atoms with Crippen LogP contribution in [0.2, 0.25) is 0 Å². The molecule has 174 valence electrons. The molecule has 2 aromatic heterocycles. The fraction of sp³-hybridized carbons (Fsp3) is 0.214. The third kappa shape index (κ3) is 5.62. The minimum Gasteiger partial charge on any atom is -0.487 e. The third-order valence-corrected chi connectivity index (χ3v) is 5.89. The molecule has 0 bridgehead atoms. The van der Waals surface area contributed by atoms with Gasteiger partial charge in [-0.1, -0.05) is 18.2 Å². The van der Waals surface area contributed by atoms with Gasteiger partial charge < -0.3 is 14.4 Å². The van der Waals surface area contributed by atoms with Gasteiger partial charge in [-0.15, -0.1) is 0 Å². The van der Waals surface area contributed by atoms with Gasteiger partial charge in [0.2, 0.25) is 0 Å². The molecule has 2 aromatic carbocycles. The fourth-order valence-electron chi connectivity index (χ4n) is 4.02. The van der Waals surface area contributed by atoms with Gasteiger partial charge in [0.05, 0.1) is 24.5 Å². The highest BCUT2D eigenvalue weighted by Gasteiger charge is 2.12. The summed E-state index contributed by atoms with van der Waals surface area (Å²) in [5.41, 5.74) is 5.39. The number of nitrogens with zero attached hydrogens (tertiary/aromatic N) is 5. The molecule has 7 heteroatoms. The number of pyridine rings is 1. The minimum absolute atomic E-state index is 0.351. The molecule has 0 unspecified atom stereocenters. The van der Waals surface area contributed by atoms with Gasteiger partial charge in [0.15, 0.2) is 0 Å². The van der Waals surface area contributed by atoms with E-state index in [0.29, 0.717) is 24.3 Å². The molecule has 35 heavy (non-hydrogen) atoms. The predicted molar refractivity (Wildman–Crippen MR) is 133 cm³/mol. The van der Waals surface area contributed by atoms with Gasteiger partial charge in [0.25, 0.3) is 0 Å². The second kappa shape index (κ2) is 10.8. The van der Waals surface area contributed by atoms with Crippen molar-refractivity contribution in [2.24, 2.45) is 0 Å². The number of ether oxygens (including phenoxy) is 2. The zero-order valence-corrected chi connectivity index (χ0v) is 19.3. The summed E-state index contributed by atoms with van der Waals surface area (Å²) in [6.45, 7) is 3.73. The lowest BCUT2D eigenvalue weighted by atomic mass is 10.1. The van der Waals surface area contributed by atoms with E-state index in [1.807, 2.05) is 36.4 Å². The van der Waals surface area contributed by atoms with Crippen molar-refractivity contribution in [1.82, 2.24) is 15.0 Å². The van der Waals surface area contributed by atoms with Crippen molar-refractivity contribution in [2.75, 3.05) is 31.2 Å². The molecule has 1 fully saturated rings. The van der Waals surface area contributed by atoms with Crippen molar-refractivity contribution >= 4 is 5.69 Å². The van der Waals surface area contributed by atoms with Crippen molar-refractivity contribution in [3.8, 4) is 23.1 Å². The molecule has 0 aliphatic carbocycles. The van der Waals surface area contributed by atoms with Crippen LogP contribution in [0.15, 0.2) is 79.3 Å². The van der Waals surface area contributed by atoms with Crippen LogP contribution in [0.1, 0.15) is 22.5 Å². The van der Waals surface area contributed by atoms with E-state index in [1.165, 1.54) is 5.69 Å². The summed E-state index contributed by atoms with van der Waals surface area (Å²) in [7, 11) is 0. The molecule has 0 saturated carbocycles. The maximum absolute atomic E-state index is 9.67. The van der Waals surface area contributed by atoms with E-state index < -0.39 is 0 Å². The minimum atomic E-state index is 0.351. The lowest BCUT2D eigenvalue weighted by Gasteiger charge is -2.28. The Morgan fingerprint density at radius 1 is 0.971 bits per heavy atom. The SMILES string of the molecule is N#Cc1cc(-c2ccnc(Cc3ccc(N4CCOCC4)cc3)n2)ccc1OCc1cccnc1. The van der Waals surface area contributed by atoms with E-state index in [4.69, 9.17) is 14.5 Å². The van der Waals surface area contributed by atoms with E-state index in [1.54, 1.807) is 18.6 Å². The Morgan fingerprint density at radius 2 is 1.83 bits per heavy atom. The van der Waals surface area contributed by atoms with E-state index in [-0.39, 0.29) is 0 Å². The van der Waals surface area contributed by atoms with Gasteiger partial charge >= 0.3 is 0 Å². The summed E-state index contributed by atoms with van der Waals surface area (Å²) in [4.78, 5) is 15.6. The molecular formula is C28H25N5O2. The molecular weight excluding hydrogens is 438 g/mol. The maximum atomic E-state index is 9.67. The number of aromatic nitrogens is 3. The lowest BCUT2D eigenvalue weighted by Crippen LogP contribution is -2.36.